The molecule has 0 aromatic heterocycles. The molecule has 2 aromatic rings. The zero-order valence-electron chi connectivity index (χ0n) is 15.4. The highest BCUT2D eigenvalue weighted by Gasteiger charge is 2.41. The van der Waals surface area contributed by atoms with E-state index >= 15 is 0 Å². The molecule has 0 fully saturated rings. The molecule has 0 spiro atoms. The van der Waals surface area contributed by atoms with Crippen LogP contribution in [0, 0.1) is 11.6 Å². The summed E-state index contributed by atoms with van der Waals surface area (Å²) in [6.07, 6.45) is -1.36. The molecule has 0 saturated carbocycles. The lowest BCUT2D eigenvalue weighted by atomic mass is 10.1. The minimum Gasteiger partial charge on any atom is -0.451 e. The van der Waals surface area contributed by atoms with Crippen molar-refractivity contribution in [3.63, 3.8) is 0 Å². The highest BCUT2D eigenvalue weighted by atomic mass is 19.1. The molecule has 7 nitrogen and oxygen atoms in total. The first-order valence-corrected chi connectivity index (χ1v) is 8.64. The van der Waals surface area contributed by atoms with Crippen molar-refractivity contribution in [2.24, 2.45) is 0 Å². The molecule has 0 saturated heterocycles. The van der Waals surface area contributed by atoms with Crippen LogP contribution in [0.4, 0.5) is 14.5 Å². The lowest BCUT2D eigenvalue weighted by molar-refractivity contribution is -0.156. The first-order valence-electron chi connectivity index (χ1n) is 8.64. The molecule has 150 valence electrons. The quantitative estimate of drug-likeness (QED) is 0.613. The molecule has 2 aromatic carbocycles. The Labute approximate surface area is 164 Å². The van der Waals surface area contributed by atoms with Gasteiger partial charge in [-0.1, -0.05) is 12.1 Å². The van der Waals surface area contributed by atoms with Crippen molar-refractivity contribution < 1.29 is 32.7 Å². The molecular formula is C20H16F2N2O5. The van der Waals surface area contributed by atoms with Crippen LogP contribution in [0.1, 0.15) is 34.6 Å². The third kappa shape index (κ3) is 3.84. The maximum Gasteiger partial charge on any atom is 0.329 e. The summed E-state index contributed by atoms with van der Waals surface area (Å²) < 4.78 is 31.6. The van der Waals surface area contributed by atoms with Gasteiger partial charge in [-0.2, -0.15) is 0 Å². The topological polar surface area (TPSA) is 92.8 Å². The Kier molecular flexibility index (Phi) is 5.40. The van der Waals surface area contributed by atoms with Crippen LogP contribution in [0.2, 0.25) is 0 Å². The summed E-state index contributed by atoms with van der Waals surface area (Å²) in [5.41, 5.74) is 0.0668. The number of esters is 1. The molecule has 9 heteroatoms. The fourth-order valence-electron chi connectivity index (χ4n) is 2.82. The molecule has 0 aliphatic carbocycles. The Morgan fingerprint density at radius 3 is 2.14 bits per heavy atom. The van der Waals surface area contributed by atoms with Gasteiger partial charge < -0.3 is 10.1 Å². The summed E-state index contributed by atoms with van der Waals surface area (Å²) in [5.74, 6) is -4.92. The number of hydrogen-bond donors (Lipinski definition) is 1. The average Bonchev–Trinajstić information content (AvgIpc) is 2.94. The molecule has 29 heavy (non-hydrogen) atoms. The van der Waals surface area contributed by atoms with E-state index in [9.17, 15) is 28.0 Å². The van der Waals surface area contributed by atoms with E-state index < -0.39 is 47.5 Å². The number of anilines is 1. The van der Waals surface area contributed by atoms with Gasteiger partial charge in [-0.3, -0.25) is 19.3 Å². The number of rotatable bonds is 5. The van der Waals surface area contributed by atoms with Crippen molar-refractivity contribution in [2.75, 3.05) is 5.32 Å². The van der Waals surface area contributed by atoms with E-state index in [1.165, 1.54) is 26.0 Å². The van der Waals surface area contributed by atoms with Crippen LogP contribution in [-0.4, -0.2) is 40.7 Å². The van der Waals surface area contributed by atoms with Crippen LogP contribution in [-0.2, 0) is 14.3 Å². The van der Waals surface area contributed by atoms with Crippen molar-refractivity contribution in [1.29, 1.82) is 0 Å². The van der Waals surface area contributed by atoms with Crippen molar-refractivity contribution in [1.82, 2.24) is 4.90 Å². The lowest BCUT2D eigenvalue weighted by Gasteiger charge is -2.22. The summed E-state index contributed by atoms with van der Waals surface area (Å²) in [6.45, 7) is 2.54. The van der Waals surface area contributed by atoms with E-state index in [1.54, 1.807) is 12.1 Å². The smallest absolute Gasteiger partial charge is 0.329 e. The second-order valence-electron chi connectivity index (χ2n) is 6.39. The van der Waals surface area contributed by atoms with E-state index in [0.29, 0.717) is 6.07 Å². The lowest BCUT2D eigenvalue weighted by Crippen LogP contribution is -2.45. The zero-order valence-corrected chi connectivity index (χ0v) is 15.4. The number of hydrogen-bond acceptors (Lipinski definition) is 5. The van der Waals surface area contributed by atoms with E-state index in [1.807, 2.05) is 0 Å². The minimum atomic E-state index is -1.36. The van der Waals surface area contributed by atoms with Gasteiger partial charge in [0.05, 0.1) is 16.8 Å². The summed E-state index contributed by atoms with van der Waals surface area (Å²) >= 11 is 0. The standard InChI is InChI=1S/C20H16F2N2O5/c1-10(24-18(26)13-5-3-4-6-14(13)19(24)27)20(28)29-11(2)17(25)23-16-8-7-12(21)9-15(16)22/h3-11H,1-2H3,(H,23,25). The Hall–Kier alpha value is -3.62. The predicted molar refractivity (Wildman–Crippen MR) is 96.9 cm³/mol. The number of nitrogens with one attached hydrogen (secondary N) is 1. The molecular weight excluding hydrogens is 386 g/mol. The van der Waals surface area contributed by atoms with Crippen LogP contribution >= 0.6 is 0 Å². The van der Waals surface area contributed by atoms with Crippen LogP contribution in [0.3, 0.4) is 0 Å². The van der Waals surface area contributed by atoms with Gasteiger partial charge in [-0.25, -0.2) is 13.6 Å². The third-order valence-electron chi connectivity index (χ3n) is 4.41. The monoisotopic (exact) mass is 402 g/mol. The summed E-state index contributed by atoms with van der Waals surface area (Å²) in [5, 5.41) is 2.18. The highest BCUT2D eigenvalue weighted by molar-refractivity contribution is 6.22. The number of ether oxygens (including phenoxy) is 1. The first kappa shape index (κ1) is 20.1. The number of imide groups is 1. The second kappa shape index (κ2) is 7.78. The van der Waals surface area contributed by atoms with Crippen molar-refractivity contribution in [3.05, 3.63) is 65.2 Å². The number of carbonyl (C=O) groups excluding carboxylic acids is 4. The zero-order chi connectivity index (χ0) is 21.3. The summed E-state index contributed by atoms with van der Waals surface area (Å²) in [6, 6.07) is 7.44. The van der Waals surface area contributed by atoms with E-state index in [0.717, 1.165) is 17.0 Å². The minimum absolute atomic E-state index is 0.176. The highest BCUT2D eigenvalue weighted by Crippen LogP contribution is 2.25. The molecule has 1 heterocycles. The predicted octanol–water partition coefficient (Wildman–Crippen LogP) is 2.52. The number of fused-ring (bicyclic) bond motifs is 1. The van der Waals surface area contributed by atoms with Crippen molar-refractivity contribution >= 4 is 29.4 Å². The molecule has 1 aliphatic heterocycles. The number of amides is 3. The van der Waals surface area contributed by atoms with Crippen LogP contribution in [0.15, 0.2) is 42.5 Å². The normalized spacial score (nSPS) is 15.0. The average molecular weight is 402 g/mol. The fraction of sp³-hybridized carbons (Fsp3) is 0.200. The third-order valence-corrected chi connectivity index (χ3v) is 4.41. The molecule has 0 bridgehead atoms. The molecule has 3 rings (SSSR count). The maximum absolute atomic E-state index is 13.6. The number of benzene rings is 2. The van der Waals surface area contributed by atoms with Gasteiger partial charge in [0.2, 0.25) is 0 Å². The van der Waals surface area contributed by atoms with Gasteiger partial charge in [0.15, 0.2) is 6.10 Å². The molecule has 3 amide bonds. The molecule has 2 atom stereocenters. The Morgan fingerprint density at radius 2 is 1.59 bits per heavy atom. The molecule has 1 N–H and O–H groups in total. The largest absolute Gasteiger partial charge is 0.451 e. The van der Waals surface area contributed by atoms with Crippen LogP contribution in [0.25, 0.3) is 0 Å². The summed E-state index contributed by atoms with van der Waals surface area (Å²) in [7, 11) is 0. The maximum atomic E-state index is 13.6. The first-order chi connectivity index (χ1) is 13.7. The number of carbonyl (C=O) groups is 4. The summed E-state index contributed by atoms with van der Waals surface area (Å²) in [4.78, 5) is 50.1. The van der Waals surface area contributed by atoms with Crippen LogP contribution in [0.5, 0.6) is 0 Å². The SMILES string of the molecule is CC(OC(=O)C(C)N1C(=O)c2ccccc2C1=O)C(=O)Nc1ccc(F)cc1F. The molecule has 1 aliphatic rings. The van der Waals surface area contributed by atoms with Crippen LogP contribution < -0.4 is 5.32 Å². The van der Waals surface area contributed by atoms with Gasteiger partial charge >= 0.3 is 5.97 Å². The molecule has 0 radical (unpaired) electrons. The number of nitrogens with zero attached hydrogens (tertiary/aromatic N) is 1. The van der Waals surface area contributed by atoms with Gasteiger partial charge in [-0.05, 0) is 38.1 Å². The number of halogens is 2. The Bertz CT molecular complexity index is 989. The fourth-order valence-corrected chi connectivity index (χ4v) is 2.82. The van der Waals surface area contributed by atoms with E-state index in [4.69, 9.17) is 4.74 Å². The second-order valence-corrected chi connectivity index (χ2v) is 6.39. The van der Waals surface area contributed by atoms with Gasteiger partial charge in [-0.15, -0.1) is 0 Å². The van der Waals surface area contributed by atoms with Gasteiger partial charge in [0, 0.05) is 6.07 Å². The van der Waals surface area contributed by atoms with Crippen molar-refractivity contribution in [3.8, 4) is 0 Å². The van der Waals surface area contributed by atoms with Gasteiger partial charge in [0.1, 0.15) is 17.7 Å². The Morgan fingerprint density at radius 1 is 1.00 bits per heavy atom. The molecule has 2 unspecified atom stereocenters. The van der Waals surface area contributed by atoms with Crippen molar-refractivity contribution in [2.45, 2.75) is 26.0 Å². The Balaban J connectivity index is 1.66. The van der Waals surface area contributed by atoms with E-state index in [-0.39, 0.29) is 16.8 Å². The van der Waals surface area contributed by atoms with Gasteiger partial charge in [0.25, 0.3) is 17.7 Å². The van der Waals surface area contributed by atoms with E-state index in [2.05, 4.69) is 5.32 Å².